The maximum atomic E-state index is 12.3. The molecule has 0 aromatic rings. The molecule has 94 valence electrons. The first-order valence-corrected chi connectivity index (χ1v) is 6.29. The molecule has 4 nitrogen and oxygen atoms in total. The summed E-state index contributed by atoms with van der Waals surface area (Å²) in [5.74, 6) is -1.59. The predicted molar refractivity (Wildman–Crippen MR) is 63.4 cm³/mol. The minimum atomic E-state index is -0.824. The van der Waals surface area contributed by atoms with E-state index in [1.807, 2.05) is 4.90 Å². The molecule has 2 fully saturated rings. The Balaban J connectivity index is 2.06. The van der Waals surface area contributed by atoms with Crippen molar-refractivity contribution in [2.24, 2.45) is 11.8 Å². The number of nitrogens with zero attached hydrogens (tertiary/aromatic N) is 1. The number of carbonyl (C=O) groups excluding carboxylic acids is 1. The van der Waals surface area contributed by atoms with Crippen molar-refractivity contribution in [2.75, 3.05) is 6.54 Å². The lowest BCUT2D eigenvalue weighted by atomic mass is 9.94. The number of hydrogen-bond acceptors (Lipinski definition) is 2. The Hall–Kier alpha value is -1.32. The molecule has 4 heteroatoms. The average molecular weight is 237 g/mol. The van der Waals surface area contributed by atoms with Gasteiger partial charge in [0.25, 0.3) is 0 Å². The molecular weight excluding hydrogens is 218 g/mol. The summed E-state index contributed by atoms with van der Waals surface area (Å²) in [6.07, 6.45) is 6.02. The fourth-order valence-electron chi connectivity index (χ4n) is 2.71. The molecule has 0 radical (unpaired) electrons. The summed E-state index contributed by atoms with van der Waals surface area (Å²) in [4.78, 5) is 25.3. The summed E-state index contributed by atoms with van der Waals surface area (Å²) in [6, 6.07) is 0.329. The molecule has 0 heterocycles. The first-order valence-electron chi connectivity index (χ1n) is 6.29. The first-order chi connectivity index (χ1) is 8.15. The van der Waals surface area contributed by atoms with Crippen molar-refractivity contribution >= 4 is 11.9 Å². The van der Waals surface area contributed by atoms with Crippen LogP contribution in [0.3, 0.4) is 0 Å². The summed E-state index contributed by atoms with van der Waals surface area (Å²) in [5, 5.41) is 9.11. The largest absolute Gasteiger partial charge is 0.481 e. The molecule has 17 heavy (non-hydrogen) atoms. The number of carboxylic acid groups (broad SMARTS) is 1. The standard InChI is InChI=1S/C13H19NO3/c1-2-8-14(9-6-7-9)12(15)10-4-3-5-11(10)13(16)17/h2,9-11H,1,3-8H2,(H,16,17). The highest BCUT2D eigenvalue weighted by atomic mass is 16.4. The monoisotopic (exact) mass is 237 g/mol. The minimum absolute atomic E-state index is 0.0253. The fourth-order valence-corrected chi connectivity index (χ4v) is 2.71. The fraction of sp³-hybridized carbons (Fsp3) is 0.692. The lowest BCUT2D eigenvalue weighted by molar-refractivity contribution is -0.149. The van der Waals surface area contributed by atoms with Gasteiger partial charge in [0.2, 0.25) is 5.91 Å². The minimum Gasteiger partial charge on any atom is -0.481 e. The molecule has 2 saturated carbocycles. The van der Waals surface area contributed by atoms with E-state index in [1.54, 1.807) is 6.08 Å². The lowest BCUT2D eigenvalue weighted by Crippen LogP contribution is -2.40. The second-order valence-corrected chi connectivity index (χ2v) is 4.99. The lowest BCUT2D eigenvalue weighted by Gasteiger charge is -2.26. The Labute approximate surface area is 101 Å². The zero-order valence-corrected chi connectivity index (χ0v) is 9.97. The van der Waals surface area contributed by atoms with E-state index in [-0.39, 0.29) is 11.8 Å². The highest BCUT2D eigenvalue weighted by molar-refractivity contribution is 5.85. The summed E-state index contributed by atoms with van der Waals surface area (Å²) in [7, 11) is 0. The number of amides is 1. The Morgan fingerprint density at radius 2 is 1.88 bits per heavy atom. The van der Waals surface area contributed by atoms with Gasteiger partial charge in [-0.15, -0.1) is 6.58 Å². The number of carboxylic acids is 1. The molecule has 2 aliphatic carbocycles. The first kappa shape index (κ1) is 12.1. The highest BCUT2D eigenvalue weighted by Gasteiger charge is 2.42. The Morgan fingerprint density at radius 1 is 1.24 bits per heavy atom. The molecule has 1 N–H and O–H groups in total. The van der Waals surface area contributed by atoms with Gasteiger partial charge in [-0.3, -0.25) is 9.59 Å². The SMILES string of the molecule is C=CCN(C(=O)C1CCCC1C(=O)O)C1CC1. The van der Waals surface area contributed by atoms with Gasteiger partial charge in [0.1, 0.15) is 0 Å². The van der Waals surface area contributed by atoms with Gasteiger partial charge in [-0.25, -0.2) is 0 Å². The van der Waals surface area contributed by atoms with Gasteiger partial charge in [0, 0.05) is 12.6 Å². The Kier molecular flexibility index (Phi) is 3.50. The molecule has 0 aromatic carbocycles. The van der Waals surface area contributed by atoms with Gasteiger partial charge in [-0.05, 0) is 25.7 Å². The van der Waals surface area contributed by atoms with E-state index >= 15 is 0 Å². The number of rotatable bonds is 5. The van der Waals surface area contributed by atoms with Crippen LogP contribution in [0.5, 0.6) is 0 Å². The van der Waals surface area contributed by atoms with Crippen molar-refractivity contribution in [3.8, 4) is 0 Å². The number of hydrogen-bond donors (Lipinski definition) is 1. The van der Waals surface area contributed by atoms with E-state index in [4.69, 9.17) is 5.11 Å². The number of carbonyl (C=O) groups is 2. The third-order valence-corrected chi connectivity index (χ3v) is 3.75. The van der Waals surface area contributed by atoms with Crippen molar-refractivity contribution in [1.82, 2.24) is 4.90 Å². The normalized spacial score (nSPS) is 27.8. The van der Waals surface area contributed by atoms with Gasteiger partial charge in [-0.1, -0.05) is 12.5 Å². The van der Waals surface area contributed by atoms with Gasteiger partial charge in [0.05, 0.1) is 11.8 Å². The van der Waals surface area contributed by atoms with E-state index in [0.29, 0.717) is 19.0 Å². The Bertz CT molecular complexity index is 336. The zero-order valence-electron chi connectivity index (χ0n) is 9.97. The maximum Gasteiger partial charge on any atom is 0.307 e. The molecule has 1 amide bonds. The maximum absolute atomic E-state index is 12.3. The molecule has 0 aliphatic heterocycles. The van der Waals surface area contributed by atoms with Crippen LogP contribution in [0.25, 0.3) is 0 Å². The Morgan fingerprint density at radius 3 is 2.41 bits per heavy atom. The molecule has 2 atom stereocenters. The predicted octanol–water partition coefficient (Wildman–Crippen LogP) is 1.66. The van der Waals surface area contributed by atoms with Crippen LogP contribution in [0.1, 0.15) is 32.1 Å². The van der Waals surface area contributed by atoms with E-state index in [9.17, 15) is 9.59 Å². The van der Waals surface area contributed by atoms with Crippen molar-refractivity contribution in [3.63, 3.8) is 0 Å². The second-order valence-electron chi connectivity index (χ2n) is 4.99. The van der Waals surface area contributed by atoms with E-state index in [2.05, 4.69) is 6.58 Å². The summed E-state index contributed by atoms with van der Waals surface area (Å²) in [6.45, 7) is 4.21. The second kappa shape index (κ2) is 4.90. The van der Waals surface area contributed by atoms with E-state index in [0.717, 1.165) is 25.7 Å². The van der Waals surface area contributed by atoms with Crippen LogP contribution in [0.4, 0.5) is 0 Å². The summed E-state index contributed by atoms with van der Waals surface area (Å²) < 4.78 is 0. The summed E-state index contributed by atoms with van der Waals surface area (Å²) >= 11 is 0. The van der Waals surface area contributed by atoms with E-state index in [1.165, 1.54) is 0 Å². The van der Waals surface area contributed by atoms with Crippen LogP contribution in [-0.2, 0) is 9.59 Å². The average Bonchev–Trinajstić information content (AvgIpc) is 3.00. The quantitative estimate of drug-likeness (QED) is 0.740. The van der Waals surface area contributed by atoms with Crippen molar-refractivity contribution in [2.45, 2.75) is 38.1 Å². The van der Waals surface area contributed by atoms with Crippen LogP contribution in [-0.4, -0.2) is 34.5 Å². The molecule has 0 bridgehead atoms. The molecule has 0 saturated heterocycles. The van der Waals surface area contributed by atoms with Crippen LogP contribution in [0, 0.1) is 11.8 Å². The molecule has 2 unspecified atom stereocenters. The van der Waals surface area contributed by atoms with Gasteiger partial charge < -0.3 is 10.0 Å². The van der Waals surface area contributed by atoms with Crippen LogP contribution in [0.2, 0.25) is 0 Å². The van der Waals surface area contributed by atoms with Crippen LogP contribution >= 0.6 is 0 Å². The molecule has 0 spiro atoms. The van der Waals surface area contributed by atoms with Crippen LogP contribution < -0.4 is 0 Å². The van der Waals surface area contributed by atoms with Crippen LogP contribution in [0.15, 0.2) is 12.7 Å². The third kappa shape index (κ3) is 2.51. The molecule has 0 aromatic heterocycles. The topological polar surface area (TPSA) is 57.6 Å². The van der Waals surface area contributed by atoms with E-state index < -0.39 is 11.9 Å². The summed E-state index contributed by atoms with van der Waals surface area (Å²) in [5.41, 5.74) is 0. The van der Waals surface area contributed by atoms with Crippen molar-refractivity contribution < 1.29 is 14.7 Å². The van der Waals surface area contributed by atoms with Gasteiger partial charge >= 0.3 is 5.97 Å². The zero-order chi connectivity index (χ0) is 12.4. The highest BCUT2D eigenvalue weighted by Crippen LogP contribution is 2.36. The van der Waals surface area contributed by atoms with Crippen molar-refractivity contribution in [1.29, 1.82) is 0 Å². The van der Waals surface area contributed by atoms with Crippen molar-refractivity contribution in [3.05, 3.63) is 12.7 Å². The molecule has 2 aliphatic rings. The number of aliphatic carboxylic acids is 1. The molecular formula is C13H19NO3. The van der Waals surface area contributed by atoms with Gasteiger partial charge in [-0.2, -0.15) is 0 Å². The van der Waals surface area contributed by atoms with Gasteiger partial charge in [0.15, 0.2) is 0 Å². The smallest absolute Gasteiger partial charge is 0.307 e. The third-order valence-electron chi connectivity index (χ3n) is 3.75. The molecule has 2 rings (SSSR count).